The molecular formula is C28H30N4O5S2. The van der Waals surface area contributed by atoms with Crippen LogP contribution in [0.25, 0.3) is 0 Å². The second-order valence-electron chi connectivity index (χ2n) is 9.88. The van der Waals surface area contributed by atoms with Gasteiger partial charge in [0.15, 0.2) is 0 Å². The van der Waals surface area contributed by atoms with Crippen molar-refractivity contribution in [3.8, 4) is 11.5 Å². The molecule has 0 unspecified atom stereocenters. The van der Waals surface area contributed by atoms with E-state index >= 15 is 0 Å². The third-order valence-electron chi connectivity index (χ3n) is 6.33. The van der Waals surface area contributed by atoms with Crippen LogP contribution in [0.2, 0.25) is 0 Å². The van der Waals surface area contributed by atoms with Crippen molar-refractivity contribution >= 4 is 34.0 Å². The Labute approximate surface area is 234 Å². The van der Waals surface area contributed by atoms with Gasteiger partial charge in [-0.3, -0.25) is 20.2 Å². The summed E-state index contributed by atoms with van der Waals surface area (Å²) in [5.41, 5.74) is 2.51. The number of thiazole rings is 2. The van der Waals surface area contributed by atoms with E-state index in [4.69, 9.17) is 14.7 Å². The lowest BCUT2D eigenvalue weighted by molar-refractivity contribution is -0.385. The highest BCUT2D eigenvalue weighted by molar-refractivity contribution is 7.12. The normalized spacial score (nSPS) is 11.4. The van der Waals surface area contributed by atoms with Crippen molar-refractivity contribution in [2.75, 3.05) is 0 Å². The molecule has 0 saturated carbocycles. The predicted octanol–water partition coefficient (Wildman–Crippen LogP) is 8.25. The maximum atomic E-state index is 12.0. The SMILES string of the molecule is Cc1sc(Cc2c(Oc3cccc([N+](=O)[O-])c3Cc3nc(C(C)C)c(C)s3)cccc2[N+](=O)[O-])nc1C(C)C. The number of hydrogen-bond donors (Lipinski definition) is 0. The average Bonchev–Trinajstić information content (AvgIpc) is 3.42. The maximum absolute atomic E-state index is 12.0. The summed E-state index contributed by atoms with van der Waals surface area (Å²) in [5.74, 6) is 0.996. The molecule has 2 aromatic heterocycles. The van der Waals surface area contributed by atoms with Gasteiger partial charge in [-0.25, -0.2) is 9.97 Å². The first-order chi connectivity index (χ1) is 18.5. The average molecular weight is 567 g/mol. The number of aryl methyl sites for hydroxylation is 2. The molecule has 0 saturated heterocycles. The fourth-order valence-corrected chi connectivity index (χ4v) is 6.77. The number of nitro benzene ring substituents is 2. The summed E-state index contributed by atoms with van der Waals surface area (Å²) in [6.45, 7) is 12.2. The Hall–Kier alpha value is -3.70. The molecule has 0 fully saturated rings. The number of nitrogens with zero attached hydrogens (tertiary/aromatic N) is 4. The van der Waals surface area contributed by atoms with Crippen LogP contribution in [0.4, 0.5) is 11.4 Å². The van der Waals surface area contributed by atoms with E-state index in [0.717, 1.165) is 31.2 Å². The van der Waals surface area contributed by atoms with Crippen LogP contribution >= 0.6 is 22.7 Å². The van der Waals surface area contributed by atoms with Gasteiger partial charge in [-0.15, -0.1) is 22.7 Å². The topological polar surface area (TPSA) is 121 Å². The van der Waals surface area contributed by atoms with E-state index in [1.807, 2.05) is 13.8 Å². The Bertz CT molecular complexity index is 1430. The molecule has 0 radical (unpaired) electrons. The Morgan fingerprint density at radius 2 is 1.13 bits per heavy atom. The van der Waals surface area contributed by atoms with Gasteiger partial charge < -0.3 is 4.74 Å². The number of hydrogen-bond acceptors (Lipinski definition) is 9. The van der Waals surface area contributed by atoms with Crippen LogP contribution < -0.4 is 4.74 Å². The van der Waals surface area contributed by atoms with E-state index < -0.39 is 9.85 Å². The number of ether oxygens (including phenoxy) is 1. The summed E-state index contributed by atoms with van der Waals surface area (Å²) < 4.78 is 6.28. The second kappa shape index (κ2) is 11.6. The van der Waals surface area contributed by atoms with E-state index in [0.29, 0.717) is 11.1 Å². The standard InChI is InChI=1S/C28H30N4O5S2/c1-15(2)27-17(5)38-25(29-27)13-19-21(31(33)34)9-7-11-23(19)37-24-12-8-10-22(32(35)36)20(24)14-26-30-28(16(3)4)18(6)39-26/h7-12,15-16H,13-14H2,1-6H3. The van der Waals surface area contributed by atoms with Gasteiger partial charge >= 0.3 is 0 Å². The van der Waals surface area contributed by atoms with Crippen molar-refractivity contribution in [3.63, 3.8) is 0 Å². The summed E-state index contributed by atoms with van der Waals surface area (Å²) in [4.78, 5) is 34.7. The van der Waals surface area contributed by atoms with E-state index in [1.165, 1.54) is 34.8 Å². The second-order valence-corrected chi connectivity index (χ2v) is 12.5. The molecule has 2 aromatic carbocycles. The van der Waals surface area contributed by atoms with Crippen molar-refractivity contribution in [2.24, 2.45) is 0 Å². The molecule has 0 amide bonds. The molecule has 0 atom stereocenters. The van der Waals surface area contributed by atoms with Gasteiger partial charge in [0, 0.05) is 34.7 Å². The zero-order valence-corrected chi connectivity index (χ0v) is 24.3. The summed E-state index contributed by atoms with van der Waals surface area (Å²) >= 11 is 3.01. The Morgan fingerprint density at radius 3 is 1.44 bits per heavy atom. The van der Waals surface area contributed by atoms with E-state index in [-0.39, 0.29) is 47.6 Å². The number of aromatic nitrogens is 2. The Balaban J connectivity index is 1.78. The van der Waals surface area contributed by atoms with Crippen LogP contribution in [0.3, 0.4) is 0 Å². The Kier molecular flexibility index (Phi) is 8.41. The molecule has 204 valence electrons. The summed E-state index contributed by atoms with van der Waals surface area (Å²) in [5, 5.41) is 25.4. The summed E-state index contributed by atoms with van der Waals surface area (Å²) in [6, 6.07) is 9.29. The third-order valence-corrected chi connectivity index (χ3v) is 8.31. The van der Waals surface area contributed by atoms with Crippen LogP contribution in [0.1, 0.15) is 81.8 Å². The molecule has 39 heavy (non-hydrogen) atoms. The lowest BCUT2D eigenvalue weighted by Crippen LogP contribution is -2.03. The van der Waals surface area contributed by atoms with Gasteiger partial charge in [0.2, 0.25) is 0 Å². The van der Waals surface area contributed by atoms with Gasteiger partial charge in [0.25, 0.3) is 11.4 Å². The fraction of sp³-hybridized carbons (Fsp3) is 0.357. The summed E-state index contributed by atoms with van der Waals surface area (Å²) in [6.07, 6.45) is 0.413. The van der Waals surface area contributed by atoms with Crippen molar-refractivity contribution in [1.29, 1.82) is 0 Å². The van der Waals surface area contributed by atoms with Crippen molar-refractivity contribution < 1.29 is 14.6 Å². The lowest BCUT2D eigenvalue weighted by atomic mass is 10.1. The molecule has 0 bridgehead atoms. The highest BCUT2D eigenvalue weighted by Crippen LogP contribution is 2.39. The minimum atomic E-state index is -0.438. The van der Waals surface area contributed by atoms with E-state index in [2.05, 4.69) is 27.7 Å². The van der Waals surface area contributed by atoms with Crippen LogP contribution in [-0.4, -0.2) is 19.8 Å². The van der Waals surface area contributed by atoms with Crippen LogP contribution in [0.5, 0.6) is 11.5 Å². The minimum Gasteiger partial charge on any atom is -0.456 e. The molecule has 9 nitrogen and oxygen atoms in total. The first-order valence-electron chi connectivity index (χ1n) is 12.6. The molecule has 4 aromatic rings. The lowest BCUT2D eigenvalue weighted by Gasteiger charge is -2.14. The molecule has 0 aliphatic heterocycles. The summed E-state index contributed by atoms with van der Waals surface area (Å²) in [7, 11) is 0. The van der Waals surface area contributed by atoms with Gasteiger partial charge in [0.05, 0.1) is 42.4 Å². The van der Waals surface area contributed by atoms with Crippen LogP contribution in [-0.2, 0) is 12.8 Å². The van der Waals surface area contributed by atoms with Crippen molar-refractivity contribution in [2.45, 2.75) is 66.2 Å². The number of nitro groups is 2. The highest BCUT2D eigenvalue weighted by atomic mass is 32.1. The number of rotatable bonds is 10. The minimum absolute atomic E-state index is 0.0874. The smallest absolute Gasteiger partial charge is 0.276 e. The van der Waals surface area contributed by atoms with Gasteiger partial charge in [-0.1, -0.05) is 39.8 Å². The number of benzene rings is 2. The highest BCUT2D eigenvalue weighted by Gasteiger charge is 2.25. The van der Waals surface area contributed by atoms with E-state index in [1.54, 1.807) is 24.3 Å². The fourth-order valence-electron chi connectivity index (χ4n) is 4.57. The molecule has 0 N–H and O–H groups in total. The quantitative estimate of drug-likeness (QED) is 0.140. The zero-order chi connectivity index (χ0) is 28.4. The van der Waals surface area contributed by atoms with Gasteiger partial charge in [-0.2, -0.15) is 0 Å². The predicted molar refractivity (Wildman–Crippen MR) is 154 cm³/mol. The first-order valence-corrected chi connectivity index (χ1v) is 14.2. The van der Waals surface area contributed by atoms with Gasteiger partial charge in [0.1, 0.15) is 11.5 Å². The molecule has 0 aliphatic carbocycles. The Morgan fingerprint density at radius 1 is 0.744 bits per heavy atom. The molecule has 11 heteroatoms. The first kappa shape index (κ1) is 28.3. The van der Waals surface area contributed by atoms with E-state index in [9.17, 15) is 20.2 Å². The molecular weight excluding hydrogens is 536 g/mol. The molecule has 2 heterocycles. The van der Waals surface area contributed by atoms with Crippen molar-refractivity contribution in [3.05, 3.63) is 98.9 Å². The zero-order valence-electron chi connectivity index (χ0n) is 22.7. The van der Waals surface area contributed by atoms with Crippen LogP contribution in [0.15, 0.2) is 36.4 Å². The third kappa shape index (κ3) is 6.15. The van der Waals surface area contributed by atoms with Crippen molar-refractivity contribution in [1.82, 2.24) is 9.97 Å². The maximum Gasteiger partial charge on any atom is 0.276 e. The molecule has 0 spiro atoms. The van der Waals surface area contributed by atoms with Crippen LogP contribution in [0, 0.1) is 34.1 Å². The van der Waals surface area contributed by atoms with Gasteiger partial charge in [-0.05, 0) is 37.8 Å². The molecule has 4 rings (SSSR count). The largest absolute Gasteiger partial charge is 0.456 e. The monoisotopic (exact) mass is 566 g/mol. The molecule has 0 aliphatic rings.